The maximum absolute atomic E-state index is 12.7. The summed E-state index contributed by atoms with van der Waals surface area (Å²) in [4.78, 5) is 33.2. The number of esters is 1. The van der Waals surface area contributed by atoms with Crippen molar-refractivity contribution >= 4 is 23.3 Å². The van der Waals surface area contributed by atoms with Crippen molar-refractivity contribution in [3.05, 3.63) is 41.0 Å². The van der Waals surface area contributed by atoms with Gasteiger partial charge in [0.2, 0.25) is 5.82 Å². The van der Waals surface area contributed by atoms with Crippen molar-refractivity contribution in [1.82, 2.24) is 19.6 Å². The van der Waals surface area contributed by atoms with Gasteiger partial charge in [-0.25, -0.2) is 14.3 Å². The Balaban J connectivity index is 2.01. The number of carbonyl (C=O) groups excluding carboxylic acids is 2. The number of anilines is 1. The Kier molecular flexibility index (Phi) is 5.12. The van der Waals surface area contributed by atoms with Gasteiger partial charge >= 0.3 is 5.97 Å². The lowest BCUT2D eigenvalue weighted by Gasteiger charge is -2.14. The highest BCUT2D eigenvalue weighted by Crippen LogP contribution is 2.34. The molecule has 0 atom stereocenters. The zero-order valence-corrected chi connectivity index (χ0v) is 16.1. The molecule has 3 aromatic rings. The first-order valence-electron chi connectivity index (χ1n) is 8.24. The van der Waals surface area contributed by atoms with E-state index in [1.807, 2.05) is 19.9 Å². The molecule has 0 unspecified atom stereocenters. The minimum atomic E-state index is -0.646. The van der Waals surface area contributed by atoms with Gasteiger partial charge in [0.15, 0.2) is 11.5 Å². The van der Waals surface area contributed by atoms with Gasteiger partial charge in [0.25, 0.3) is 11.7 Å². The van der Waals surface area contributed by atoms with Crippen molar-refractivity contribution in [2.24, 2.45) is 0 Å². The van der Waals surface area contributed by atoms with Gasteiger partial charge in [0.05, 0.1) is 32.6 Å². The Morgan fingerprint density at radius 1 is 1.00 bits per heavy atom. The van der Waals surface area contributed by atoms with Crippen LogP contribution in [0.15, 0.2) is 18.2 Å². The summed E-state index contributed by atoms with van der Waals surface area (Å²) >= 11 is 0. The number of methoxy groups -OCH3 is 3. The van der Waals surface area contributed by atoms with Gasteiger partial charge in [-0.2, -0.15) is 4.98 Å². The van der Waals surface area contributed by atoms with Gasteiger partial charge in [-0.15, -0.1) is 5.10 Å². The average molecular weight is 385 g/mol. The Bertz CT molecular complexity index is 1080. The second-order valence-corrected chi connectivity index (χ2v) is 5.88. The summed E-state index contributed by atoms with van der Waals surface area (Å²) in [6.45, 7) is 3.66. The summed E-state index contributed by atoms with van der Waals surface area (Å²) in [6.07, 6.45) is 0. The number of hydrogen-bond donors (Lipinski definition) is 1. The number of hydrogen-bond acceptors (Lipinski definition) is 8. The molecule has 28 heavy (non-hydrogen) atoms. The van der Waals surface area contributed by atoms with Gasteiger partial charge in [0, 0.05) is 23.5 Å². The molecule has 10 heteroatoms. The highest BCUT2D eigenvalue weighted by molar-refractivity contribution is 6.07. The number of aryl methyl sites for hydroxylation is 2. The van der Waals surface area contributed by atoms with Crippen LogP contribution in [0.25, 0.3) is 5.78 Å². The number of ether oxygens (including phenoxy) is 3. The number of carbonyl (C=O) groups is 2. The summed E-state index contributed by atoms with van der Waals surface area (Å²) in [5.41, 5.74) is 1.82. The maximum atomic E-state index is 12.7. The highest BCUT2D eigenvalue weighted by atomic mass is 16.5. The Labute approximate surface area is 160 Å². The van der Waals surface area contributed by atoms with Gasteiger partial charge in [-0.3, -0.25) is 4.79 Å². The van der Waals surface area contributed by atoms with Gasteiger partial charge in [-0.1, -0.05) is 0 Å². The van der Waals surface area contributed by atoms with Crippen molar-refractivity contribution in [2.45, 2.75) is 13.8 Å². The van der Waals surface area contributed by atoms with Crippen molar-refractivity contribution in [1.29, 1.82) is 0 Å². The number of nitrogens with zero attached hydrogens (tertiary/aromatic N) is 4. The van der Waals surface area contributed by atoms with Crippen LogP contribution in [0.2, 0.25) is 0 Å². The fourth-order valence-corrected chi connectivity index (χ4v) is 2.70. The number of benzene rings is 1. The molecule has 0 aliphatic rings. The highest BCUT2D eigenvalue weighted by Gasteiger charge is 2.22. The lowest BCUT2D eigenvalue weighted by Crippen LogP contribution is -2.17. The second-order valence-electron chi connectivity index (χ2n) is 5.88. The molecule has 2 heterocycles. The molecule has 0 bridgehead atoms. The van der Waals surface area contributed by atoms with Crippen LogP contribution in [0.3, 0.4) is 0 Å². The lowest BCUT2D eigenvalue weighted by molar-refractivity contribution is 0.0601. The van der Waals surface area contributed by atoms with Crippen LogP contribution in [0, 0.1) is 13.8 Å². The zero-order valence-electron chi connectivity index (χ0n) is 16.1. The molecule has 0 aliphatic heterocycles. The van der Waals surface area contributed by atoms with Crippen LogP contribution in [0.1, 0.15) is 32.4 Å². The standard InChI is InChI=1S/C18H19N5O5/c1-9-6-10(2)23-18(19-9)21-15(22-23)16(24)20-12-8-14(27-4)13(26-3)7-11(12)17(25)28-5/h6-8H,1-5H3,(H,20,24). The number of aromatic nitrogens is 4. The summed E-state index contributed by atoms with van der Waals surface area (Å²) in [6, 6.07) is 4.71. The second kappa shape index (κ2) is 7.51. The fourth-order valence-electron chi connectivity index (χ4n) is 2.70. The van der Waals surface area contributed by atoms with E-state index in [-0.39, 0.29) is 17.1 Å². The molecule has 1 aromatic carbocycles. The van der Waals surface area contributed by atoms with E-state index in [1.54, 1.807) is 0 Å². The lowest BCUT2D eigenvalue weighted by atomic mass is 10.1. The molecule has 0 saturated carbocycles. The summed E-state index contributed by atoms with van der Waals surface area (Å²) in [7, 11) is 4.13. The third-order valence-electron chi connectivity index (χ3n) is 4.00. The van der Waals surface area contributed by atoms with E-state index in [4.69, 9.17) is 14.2 Å². The minimum Gasteiger partial charge on any atom is -0.493 e. The molecule has 2 aromatic heterocycles. The summed E-state index contributed by atoms with van der Waals surface area (Å²) in [5, 5.41) is 6.80. The Morgan fingerprint density at radius 3 is 2.32 bits per heavy atom. The molecule has 0 aliphatic carbocycles. The molecular formula is C18H19N5O5. The number of nitrogens with one attached hydrogen (secondary N) is 1. The van der Waals surface area contributed by atoms with Crippen LogP contribution < -0.4 is 14.8 Å². The Morgan fingerprint density at radius 2 is 1.68 bits per heavy atom. The Hall–Kier alpha value is -3.69. The number of amides is 1. The van der Waals surface area contributed by atoms with Crippen molar-refractivity contribution in [3.63, 3.8) is 0 Å². The summed E-state index contributed by atoms with van der Waals surface area (Å²) < 4.78 is 16.7. The largest absolute Gasteiger partial charge is 0.493 e. The molecule has 10 nitrogen and oxygen atoms in total. The van der Waals surface area contributed by atoms with Crippen molar-refractivity contribution in [3.8, 4) is 11.5 Å². The van der Waals surface area contributed by atoms with Crippen LogP contribution in [0.4, 0.5) is 5.69 Å². The topological polar surface area (TPSA) is 117 Å². The molecule has 0 radical (unpaired) electrons. The molecule has 0 fully saturated rings. The quantitative estimate of drug-likeness (QED) is 0.661. The van der Waals surface area contributed by atoms with Crippen LogP contribution in [0.5, 0.6) is 11.5 Å². The van der Waals surface area contributed by atoms with Gasteiger partial charge < -0.3 is 19.5 Å². The van der Waals surface area contributed by atoms with E-state index >= 15 is 0 Å². The van der Waals surface area contributed by atoms with Gasteiger partial charge in [-0.05, 0) is 19.9 Å². The number of fused-ring (bicyclic) bond motifs is 1. The molecule has 1 N–H and O–H groups in total. The predicted molar refractivity (Wildman–Crippen MR) is 99.1 cm³/mol. The maximum Gasteiger partial charge on any atom is 0.340 e. The first-order chi connectivity index (χ1) is 13.4. The van der Waals surface area contributed by atoms with E-state index < -0.39 is 11.9 Å². The average Bonchev–Trinajstić information content (AvgIpc) is 3.11. The fraction of sp³-hybridized carbons (Fsp3) is 0.278. The SMILES string of the molecule is COC(=O)c1cc(OC)c(OC)cc1NC(=O)c1nc2nc(C)cc(C)n2n1. The zero-order chi connectivity index (χ0) is 20.4. The van der Waals surface area contributed by atoms with E-state index in [9.17, 15) is 9.59 Å². The molecule has 0 spiro atoms. The van der Waals surface area contributed by atoms with E-state index in [0.717, 1.165) is 11.4 Å². The molecule has 146 valence electrons. The van der Waals surface area contributed by atoms with Gasteiger partial charge in [0.1, 0.15) is 0 Å². The third kappa shape index (κ3) is 3.43. The third-order valence-corrected chi connectivity index (χ3v) is 4.00. The predicted octanol–water partition coefficient (Wildman–Crippen LogP) is 1.80. The van der Waals surface area contributed by atoms with E-state index in [2.05, 4.69) is 20.4 Å². The van der Waals surface area contributed by atoms with Crippen LogP contribution >= 0.6 is 0 Å². The van der Waals surface area contributed by atoms with Crippen LogP contribution in [-0.2, 0) is 4.74 Å². The smallest absolute Gasteiger partial charge is 0.340 e. The number of rotatable bonds is 5. The summed E-state index contributed by atoms with van der Waals surface area (Å²) in [5.74, 6) is -0.383. The van der Waals surface area contributed by atoms with Crippen molar-refractivity contribution in [2.75, 3.05) is 26.6 Å². The van der Waals surface area contributed by atoms with Crippen molar-refractivity contribution < 1.29 is 23.8 Å². The molecule has 3 rings (SSSR count). The first-order valence-corrected chi connectivity index (χ1v) is 8.24. The molecular weight excluding hydrogens is 366 g/mol. The minimum absolute atomic E-state index is 0.0909. The normalized spacial score (nSPS) is 10.6. The van der Waals surface area contributed by atoms with E-state index in [1.165, 1.54) is 38.0 Å². The molecule has 1 amide bonds. The molecule has 0 saturated heterocycles. The first kappa shape index (κ1) is 19.1. The monoisotopic (exact) mass is 385 g/mol. The van der Waals surface area contributed by atoms with E-state index in [0.29, 0.717) is 17.3 Å². The van der Waals surface area contributed by atoms with Crippen LogP contribution in [-0.4, -0.2) is 52.8 Å².